The molecule has 0 aliphatic carbocycles. The highest BCUT2D eigenvalue weighted by atomic mass is 19.1. The highest BCUT2D eigenvalue weighted by Gasteiger charge is 2.21. The molecule has 2 aromatic heterocycles. The number of aryl methyl sites for hydroxylation is 2. The molecule has 2 heterocycles. The largest absolute Gasteiger partial charge is 0.508 e. The molecule has 0 saturated carbocycles. The number of aromatic nitrogens is 3. The van der Waals surface area contributed by atoms with E-state index < -0.39 is 11.6 Å². The van der Waals surface area contributed by atoms with Gasteiger partial charge in [0, 0.05) is 22.7 Å². The lowest BCUT2D eigenvalue weighted by molar-refractivity contribution is 0.475. The van der Waals surface area contributed by atoms with Crippen LogP contribution >= 0.6 is 0 Å². The first-order valence-electron chi connectivity index (χ1n) is 10.4. The van der Waals surface area contributed by atoms with Crippen molar-refractivity contribution in [3.63, 3.8) is 0 Å². The Morgan fingerprint density at radius 1 is 0.909 bits per heavy atom. The van der Waals surface area contributed by atoms with E-state index >= 15 is 4.39 Å². The van der Waals surface area contributed by atoms with Gasteiger partial charge in [0.15, 0.2) is 5.82 Å². The SMILES string of the molecule is CCc1c(F)ccc2cc(O)cc(-c3ncc4c(-c5cccc(O)c5)nc(C)nc4c3F)c12. The number of benzene rings is 3. The molecule has 0 saturated heterocycles. The zero-order chi connectivity index (χ0) is 23.3. The average Bonchev–Trinajstić information content (AvgIpc) is 2.79. The Balaban J connectivity index is 1.84. The Labute approximate surface area is 188 Å². The quantitative estimate of drug-likeness (QED) is 0.354. The Bertz CT molecular complexity index is 1570. The van der Waals surface area contributed by atoms with E-state index in [4.69, 9.17) is 0 Å². The van der Waals surface area contributed by atoms with Crippen molar-refractivity contribution in [2.75, 3.05) is 0 Å². The van der Waals surface area contributed by atoms with Gasteiger partial charge in [-0.3, -0.25) is 4.98 Å². The molecule has 164 valence electrons. The van der Waals surface area contributed by atoms with E-state index in [9.17, 15) is 14.6 Å². The fourth-order valence-corrected chi connectivity index (χ4v) is 4.26. The van der Waals surface area contributed by atoms with Crippen LogP contribution in [0.5, 0.6) is 11.5 Å². The van der Waals surface area contributed by atoms with Gasteiger partial charge in [-0.1, -0.05) is 25.1 Å². The molecule has 0 unspecified atom stereocenters. The first-order valence-corrected chi connectivity index (χ1v) is 10.4. The van der Waals surface area contributed by atoms with Crippen molar-refractivity contribution in [3.05, 3.63) is 77.8 Å². The summed E-state index contributed by atoms with van der Waals surface area (Å²) in [6.45, 7) is 3.47. The number of halogens is 2. The van der Waals surface area contributed by atoms with Crippen LogP contribution in [0.3, 0.4) is 0 Å². The van der Waals surface area contributed by atoms with Gasteiger partial charge >= 0.3 is 0 Å². The van der Waals surface area contributed by atoms with Gasteiger partial charge in [0.05, 0.1) is 5.69 Å². The molecule has 5 rings (SSSR count). The van der Waals surface area contributed by atoms with E-state index in [-0.39, 0.29) is 28.3 Å². The van der Waals surface area contributed by atoms with E-state index in [1.54, 1.807) is 25.1 Å². The van der Waals surface area contributed by atoms with Crippen LogP contribution in [0.25, 0.3) is 44.2 Å². The van der Waals surface area contributed by atoms with Crippen molar-refractivity contribution < 1.29 is 19.0 Å². The van der Waals surface area contributed by atoms with E-state index in [0.717, 1.165) is 0 Å². The van der Waals surface area contributed by atoms with Crippen molar-refractivity contribution >= 4 is 21.7 Å². The average molecular weight is 443 g/mol. The Hall–Kier alpha value is -4.13. The summed E-state index contributed by atoms with van der Waals surface area (Å²) in [6.07, 6.45) is 1.85. The summed E-state index contributed by atoms with van der Waals surface area (Å²) in [4.78, 5) is 13.1. The van der Waals surface area contributed by atoms with Crippen LogP contribution in [0.15, 0.2) is 54.7 Å². The molecular formula is C26H19F2N3O2. The third kappa shape index (κ3) is 3.42. The first kappa shape index (κ1) is 20.8. The van der Waals surface area contributed by atoms with Crippen LogP contribution in [0.2, 0.25) is 0 Å². The molecule has 0 bridgehead atoms. The van der Waals surface area contributed by atoms with Crippen LogP contribution < -0.4 is 0 Å². The fourth-order valence-electron chi connectivity index (χ4n) is 4.26. The number of rotatable bonds is 3. The number of phenolic OH excluding ortho intramolecular Hbond substituents is 2. The van der Waals surface area contributed by atoms with Crippen LogP contribution in [0.1, 0.15) is 18.3 Å². The van der Waals surface area contributed by atoms with Crippen LogP contribution in [-0.2, 0) is 6.42 Å². The number of fused-ring (bicyclic) bond motifs is 2. The molecule has 33 heavy (non-hydrogen) atoms. The summed E-state index contributed by atoms with van der Waals surface area (Å²) in [7, 11) is 0. The predicted octanol–water partition coefficient (Wildman–Crippen LogP) is 6.07. The summed E-state index contributed by atoms with van der Waals surface area (Å²) in [5.74, 6) is -0.771. The lowest BCUT2D eigenvalue weighted by Crippen LogP contribution is -2.01. The second-order valence-electron chi connectivity index (χ2n) is 7.82. The van der Waals surface area contributed by atoms with Gasteiger partial charge in [-0.15, -0.1) is 0 Å². The smallest absolute Gasteiger partial charge is 0.175 e. The lowest BCUT2D eigenvalue weighted by atomic mass is 9.94. The third-order valence-corrected chi connectivity index (χ3v) is 5.68. The molecule has 3 aromatic carbocycles. The Morgan fingerprint density at radius 3 is 2.48 bits per heavy atom. The summed E-state index contributed by atoms with van der Waals surface area (Å²) in [5.41, 5.74) is 1.75. The zero-order valence-corrected chi connectivity index (χ0v) is 17.9. The number of hydrogen-bond acceptors (Lipinski definition) is 5. The van der Waals surface area contributed by atoms with Crippen LogP contribution in [0.4, 0.5) is 8.78 Å². The standard InChI is InChI=1S/C26H19F2N3O2/c1-3-18-21(27)8-7-14-9-17(33)11-19(22(14)18)25-23(28)26-20(12-29-25)24(30-13(2)31-26)15-5-4-6-16(32)10-15/h4-12,32-33H,3H2,1-2H3. The summed E-state index contributed by atoms with van der Waals surface area (Å²) in [6, 6.07) is 12.3. The second-order valence-corrected chi connectivity index (χ2v) is 7.82. The van der Waals surface area contributed by atoms with Gasteiger partial charge < -0.3 is 10.2 Å². The molecule has 5 nitrogen and oxygen atoms in total. The fraction of sp³-hybridized carbons (Fsp3) is 0.115. The van der Waals surface area contributed by atoms with Crippen molar-refractivity contribution in [2.45, 2.75) is 20.3 Å². The summed E-state index contributed by atoms with van der Waals surface area (Å²) >= 11 is 0. The van der Waals surface area contributed by atoms with Crippen molar-refractivity contribution in [2.24, 2.45) is 0 Å². The molecule has 2 N–H and O–H groups in total. The molecule has 0 aliphatic rings. The van der Waals surface area contributed by atoms with Crippen molar-refractivity contribution in [3.8, 4) is 34.0 Å². The first-order chi connectivity index (χ1) is 15.9. The normalized spacial score (nSPS) is 11.4. The van der Waals surface area contributed by atoms with Crippen LogP contribution in [0, 0.1) is 18.6 Å². The predicted molar refractivity (Wildman–Crippen MR) is 123 cm³/mol. The Morgan fingerprint density at radius 2 is 1.73 bits per heavy atom. The maximum absolute atomic E-state index is 15.9. The molecule has 0 atom stereocenters. The van der Waals surface area contributed by atoms with Gasteiger partial charge in [0.25, 0.3) is 0 Å². The van der Waals surface area contributed by atoms with E-state index in [1.807, 2.05) is 6.92 Å². The molecule has 0 radical (unpaired) electrons. The third-order valence-electron chi connectivity index (χ3n) is 5.68. The highest BCUT2D eigenvalue weighted by molar-refractivity contribution is 6.02. The number of nitrogens with zero attached hydrogens (tertiary/aromatic N) is 3. The number of aromatic hydroxyl groups is 2. The minimum atomic E-state index is -0.697. The minimum Gasteiger partial charge on any atom is -0.508 e. The molecule has 0 amide bonds. The number of pyridine rings is 1. The van der Waals surface area contributed by atoms with Crippen molar-refractivity contribution in [1.82, 2.24) is 15.0 Å². The van der Waals surface area contributed by atoms with E-state index in [0.29, 0.717) is 45.2 Å². The molecule has 5 aromatic rings. The van der Waals surface area contributed by atoms with Crippen LogP contribution in [-0.4, -0.2) is 25.2 Å². The van der Waals surface area contributed by atoms with Crippen molar-refractivity contribution in [1.29, 1.82) is 0 Å². The van der Waals surface area contributed by atoms with Gasteiger partial charge in [0.1, 0.15) is 34.4 Å². The van der Waals surface area contributed by atoms with Gasteiger partial charge in [-0.2, -0.15) is 0 Å². The molecule has 0 aliphatic heterocycles. The lowest BCUT2D eigenvalue weighted by Gasteiger charge is -2.14. The maximum atomic E-state index is 15.9. The highest BCUT2D eigenvalue weighted by Crippen LogP contribution is 2.38. The van der Waals surface area contributed by atoms with Gasteiger partial charge in [-0.05, 0) is 60.0 Å². The van der Waals surface area contributed by atoms with E-state index in [2.05, 4.69) is 15.0 Å². The van der Waals surface area contributed by atoms with Gasteiger partial charge in [-0.25, -0.2) is 18.7 Å². The minimum absolute atomic E-state index is 0.0383. The number of phenols is 2. The second kappa shape index (κ2) is 7.78. The summed E-state index contributed by atoms with van der Waals surface area (Å²) in [5, 5.41) is 21.6. The molecule has 7 heteroatoms. The van der Waals surface area contributed by atoms with Gasteiger partial charge in [0.2, 0.25) is 0 Å². The van der Waals surface area contributed by atoms with E-state index in [1.165, 1.54) is 36.5 Å². The molecule has 0 spiro atoms. The monoisotopic (exact) mass is 443 g/mol. The number of hydrogen-bond donors (Lipinski definition) is 2. The topological polar surface area (TPSA) is 79.1 Å². The molecular weight excluding hydrogens is 424 g/mol. The summed E-state index contributed by atoms with van der Waals surface area (Å²) < 4.78 is 30.5. The Kier molecular flexibility index (Phi) is 4.89. The maximum Gasteiger partial charge on any atom is 0.175 e. The zero-order valence-electron chi connectivity index (χ0n) is 17.9. The molecule has 0 fully saturated rings.